The van der Waals surface area contributed by atoms with Gasteiger partial charge in [-0.2, -0.15) is 10.1 Å². The van der Waals surface area contributed by atoms with E-state index in [-0.39, 0.29) is 37.0 Å². The van der Waals surface area contributed by atoms with Crippen molar-refractivity contribution in [1.82, 2.24) is 30.6 Å². The van der Waals surface area contributed by atoms with Gasteiger partial charge in [0.1, 0.15) is 18.9 Å². The minimum absolute atomic E-state index is 0.114. The van der Waals surface area contributed by atoms with Crippen LogP contribution in [0, 0.1) is 10.1 Å². The SMILES string of the molecule is O=C(Cn1cc([N+](=O)[O-])cn1)NCCNC(=O)c1nc(-c2ccc(Cl)cc2)no1. The third kappa shape index (κ3) is 5.35. The Labute approximate surface area is 168 Å². The summed E-state index contributed by atoms with van der Waals surface area (Å²) in [6.45, 7) is 0.0600. The van der Waals surface area contributed by atoms with Crippen molar-refractivity contribution in [3.63, 3.8) is 0 Å². The highest BCUT2D eigenvalue weighted by Gasteiger charge is 2.16. The number of carbonyl (C=O) groups is 2. The van der Waals surface area contributed by atoms with Crippen LogP contribution in [0.2, 0.25) is 5.02 Å². The molecule has 0 radical (unpaired) electrons. The molecule has 2 amide bonds. The fourth-order valence-corrected chi connectivity index (χ4v) is 2.35. The van der Waals surface area contributed by atoms with Gasteiger partial charge < -0.3 is 15.2 Å². The predicted octanol–water partition coefficient (Wildman–Crippen LogP) is 1.04. The summed E-state index contributed by atoms with van der Waals surface area (Å²) in [5.74, 6) is -0.978. The summed E-state index contributed by atoms with van der Waals surface area (Å²) >= 11 is 5.82. The first-order chi connectivity index (χ1) is 13.9. The van der Waals surface area contributed by atoms with Crippen molar-refractivity contribution in [2.45, 2.75) is 6.54 Å². The second-order valence-corrected chi connectivity index (χ2v) is 6.13. The van der Waals surface area contributed by atoms with Crippen LogP contribution in [0.1, 0.15) is 10.7 Å². The van der Waals surface area contributed by atoms with Gasteiger partial charge in [-0.05, 0) is 24.3 Å². The molecule has 1 aromatic carbocycles. The molecule has 3 rings (SSSR count). The maximum Gasteiger partial charge on any atom is 0.316 e. The molecule has 0 saturated heterocycles. The van der Waals surface area contributed by atoms with E-state index in [9.17, 15) is 19.7 Å². The van der Waals surface area contributed by atoms with Crippen molar-refractivity contribution < 1.29 is 19.0 Å². The molecule has 12 nitrogen and oxygen atoms in total. The molecule has 0 aliphatic rings. The van der Waals surface area contributed by atoms with Crippen LogP contribution in [0.4, 0.5) is 5.69 Å². The molecule has 13 heteroatoms. The molecule has 0 unspecified atom stereocenters. The fourth-order valence-electron chi connectivity index (χ4n) is 2.22. The number of amides is 2. The van der Waals surface area contributed by atoms with Crippen molar-refractivity contribution in [1.29, 1.82) is 0 Å². The summed E-state index contributed by atoms with van der Waals surface area (Å²) in [5.41, 5.74) is 0.436. The lowest BCUT2D eigenvalue weighted by Gasteiger charge is -2.05. The summed E-state index contributed by atoms with van der Waals surface area (Å²) in [7, 11) is 0. The van der Waals surface area contributed by atoms with E-state index in [4.69, 9.17) is 16.1 Å². The third-order valence-electron chi connectivity index (χ3n) is 3.59. The largest absolute Gasteiger partial charge is 0.353 e. The number of hydrogen-bond donors (Lipinski definition) is 2. The van der Waals surface area contributed by atoms with Crippen LogP contribution in [0.3, 0.4) is 0 Å². The molecular weight excluding hydrogens is 406 g/mol. The highest BCUT2D eigenvalue weighted by Crippen LogP contribution is 2.18. The predicted molar refractivity (Wildman–Crippen MR) is 99.0 cm³/mol. The first-order valence-electron chi connectivity index (χ1n) is 8.24. The Morgan fingerprint density at radius 3 is 2.62 bits per heavy atom. The van der Waals surface area contributed by atoms with E-state index in [0.717, 1.165) is 17.1 Å². The van der Waals surface area contributed by atoms with Gasteiger partial charge in [0, 0.05) is 23.7 Å². The number of nitrogens with zero attached hydrogens (tertiary/aromatic N) is 5. The van der Waals surface area contributed by atoms with E-state index < -0.39 is 16.7 Å². The average molecular weight is 420 g/mol. The Morgan fingerprint density at radius 2 is 1.93 bits per heavy atom. The van der Waals surface area contributed by atoms with E-state index in [0.29, 0.717) is 10.6 Å². The van der Waals surface area contributed by atoms with Crippen molar-refractivity contribution in [2.75, 3.05) is 13.1 Å². The highest BCUT2D eigenvalue weighted by molar-refractivity contribution is 6.30. The number of hydrogen-bond acceptors (Lipinski definition) is 8. The monoisotopic (exact) mass is 419 g/mol. The fraction of sp³-hybridized carbons (Fsp3) is 0.188. The Bertz CT molecular complexity index is 1030. The smallest absolute Gasteiger partial charge is 0.316 e. The normalized spacial score (nSPS) is 10.5. The number of benzene rings is 1. The van der Waals surface area contributed by atoms with Gasteiger partial charge in [0.2, 0.25) is 11.7 Å². The maximum absolute atomic E-state index is 12.0. The number of aromatic nitrogens is 4. The molecule has 2 N–H and O–H groups in total. The van der Waals surface area contributed by atoms with Crippen molar-refractivity contribution in [3.8, 4) is 11.4 Å². The van der Waals surface area contributed by atoms with Crippen LogP contribution in [-0.2, 0) is 11.3 Å². The summed E-state index contributed by atoms with van der Waals surface area (Å²) in [4.78, 5) is 37.8. The number of rotatable bonds is 8. The Hall–Kier alpha value is -3.80. The molecule has 0 bridgehead atoms. The summed E-state index contributed by atoms with van der Waals surface area (Å²) in [6.07, 6.45) is 2.20. The lowest BCUT2D eigenvalue weighted by molar-refractivity contribution is -0.385. The van der Waals surface area contributed by atoms with Crippen molar-refractivity contribution >= 4 is 29.1 Å². The van der Waals surface area contributed by atoms with Crippen LogP contribution >= 0.6 is 11.6 Å². The van der Waals surface area contributed by atoms with Gasteiger partial charge in [0.25, 0.3) is 0 Å². The third-order valence-corrected chi connectivity index (χ3v) is 3.84. The zero-order chi connectivity index (χ0) is 20.8. The molecule has 29 heavy (non-hydrogen) atoms. The van der Waals surface area contributed by atoms with Gasteiger partial charge in [-0.25, -0.2) is 0 Å². The van der Waals surface area contributed by atoms with Crippen molar-refractivity contribution in [2.24, 2.45) is 0 Å². The van der Waals surface area contributed by atoms with E-state index in [1.54, 1.807) is 24.3 Å². The van der Waals surface area contributed by atoms with Gasteiger partial charge in [0.15, 0.2) is 0 Å². The standard InChI is InChI=1S/C16H14ClN7O5/c17-11-3-1-10(2-4-11)14-21-16(29-22-14)15(26)19-6-5-18-13(25)9-23-8-12(7-20-23)24(27)28/h1-4,7-8H,5-6,9H2,(H,18,25)(H,19,26). The Kier molecular flexibility index (Phi) is 6.14. The van der Waals surface area contributed by atoms with Gasteiger partial charge >= 0.3 is 17.5 Å². The first kappa shape index (κ1) is 19.9. The molecular formula is C16H14ClN7O5. The molecule has 2 aromatic heterocycles. The van der Waals surface area contributed by atoms with E-state index >= 15 is 0 Å². The quantitative estimate of drug-likeness (QED) is 0.311. The zero-order valence-corrected chi connectivity index (χ0v) is 15.5. The summed E-state index contributed by atoms with van der Waals surface area (Å²) < 4.78 is 6.07. The molecule has 0 aliphatic heterocycles. The van der Waals surface area contributed by atoms with Gasteiger partial charge in [0.05, 0.1) is 4.92 Å². The lowest BCUT2D eigenvalue weighted by Crippen LogP contribution is -2.36. The number of nitrogens with one attached hydrogen (secondary N) is 2. The molecule has 0 spiro atoms. The van der Waals surface area contributed by atoms with Crippen molar-refractivity contribution in [3.05, 3.63) is 57.7 Å². The molecule has 0 saturated carbocycles. The lowest BCUT2D eigenvalue weighted by atomic mass is 10.2. The van der Waals surface area contributed by atoms with Gasteiger partial charge in [-0.3, -0.25) is 24.4 Å². The van der Waals surface area contributed by atoms with Crippen LogP contribution in [0.25, 0.3) is 11.4 Å². The molecule has 0 fully saturated rings. The van der Waals surface area contributed by atoms with Crippen LogP contribution in [0.15, 0.2) is 41.2 Å². The summed E-state index contributed by atoms with van der Waals surface area (Å²) in [6, 6.07) is 6.71. The molecule has 3 aromatic rings. The molecule has 2 heterocycles. The second kappa shape index (κ2) is 8.93. The molecule has 0 atom stereocenters. The van der Waals surface area contributed by atoms with E-state index in [2.05, 4.69) is 25.9 Å². The Morgan fingerprint density at radius 1 is 1.21 bits per heavy atom. The van der Waals surface area contributed by atoms with Gasteiger partial charge in [-0.1, -0.05) is 16.8 Å². The minimum atomic E-state index is -0.604. The van der Waals surface area contributed by atoms with E-state index in [1.807, 2.05) is 0 Å². The topological polar surface area (TPSA) is 158 Å². The maximum atomic E-state index is 12.0. The number of nitro groups is 1. The molecule has 150 valence electrons. The highest BCUT2D eigenvalue weighted by atomic mass is 35.5. The summed E-state index contributed by atoms with van der Waals surface area (Å²) in [5, 5.41) is 23.7. The Balaban J connectivity index is 1.42. The second-order valence-electron chi connectivity index (χ2n) is 5.69. The minimum Gasteiger partial charge on any atom is -0.353 e. The van der Waals surface area contributed by atoms with Crippen LogP contribution < -0.4 is 10.6 Å². The van der Waals surface area contributed by atoms with Gasteiger partial charge in [-0.15, -0.1) is 0 Å². The van der Waals surface area contributed by atoms with Crippen LogP contribution in [-0.4, -0.2) is 49.7 Å². The first-order valence-corrected chi connectivity index (χ1v) is 8.61. The molecule has 0 aliphatic carbocycles. The zero-order valence-electron chi connectivity index (χ0n) is 14.7. The number of carbonyl (C=O) groups excluding carboxylic acids is 2. The average Bonchev–Trinajstić information content (AvgIpc) is 3.35. The van der Waals surface area contributed by atoms with E-state index in [1.165, 1.54) is 0 Å². The number of halogens is 1. The van der Waals surface area contributed by atoms with Crippen LogP contribution in [0.5, 0.6) is 0 Å².